The standard InChI is InChI=1S/C27H23BrFN7O5/c1-13(37)24-19-7-15(16-9-30-14(2)31-10-16)3-5-20(19)36(34-24)12-23(38)35-11-17(29)8-21(35)26(39)33-25-18(27(40)41)4-6-22(28)32-25/h3-7,9-10,17,21H,8,11-12H2,1-2H3,(H,40,41)(H,32,33,39)/t17-,21?/m1/s1. The number of likely N-dealkylation sites (tertiary alicyclic amines) is 1. The zero-order valence-electron chi connectivity index (χ0n) is 21.8. The Labute approximate surface area is 240 Å². The van der Waals surface area contributed by atoms with Crippen LogP contribution in [-0.2, 0) is 16.1 Å². The van der Waals surface area contributed by atoms with Crippen LogP contribution in [0.5, 0.6) is 0 Å². The Hall–Kier alpha value is -4.59. The van der Waals surface area contributed by atoms with Crippen LogP contribution in [-0.4, -0.2) is 77.1 Å². The summed E-state index contributed by atoms with van der Waals surface area (Å²) in [6.45, 7) is 2.45. The van der Waals surface area contributed by atoms with Gasteiger partial charge in [-0.2, -0.15) is 5.10 Å². The third kappa shape index (κ3) is 5.68. The Kier molecular flexibility index (Phi) is 7.58. The maximum atomic E-state index is 14.5. The van der Waals surface area contributed by atoms with Crippen LogP contribution < -0.4 is 5.32 Å². The van der Waals surface area contributed by atoms with Gasteiger partial charge in [0.05, 0.1) is 12.1 Å². The Balaban J connectivity index is 1.41. The molecule has 1 saturated heterocycles. The number of aromatic nitrogens is 5. The summed E-state index contributed by atoms with van der Waals surface area (Å²) in [5, 5.41) is 16.7. The number of aromatic carboxylic acids is 1. The molecule has 2 atom stereocenters. The summed E-state index contributed by atoms with van der Waals surface area (Å²) >= 11 is 3.13. The number of hydrogen-bond acceptors (Lipinski definition) is 8. The van der Waals surface area contributed by atoms with E-state index in [2.05, 4.69) is 41.3 Å². The highest BCUT2D eigenvalue weighted by Gasteiger charge is 2.40. The molecule has 14 heteroatoms. The lowest BCUT2D eigenvalue weighted by molar-refractivity contribution is -0.137. The monoisotopic (exact) mass is 623 g/mol. The molecule has 1 fully saturated rings. The number of anilines is 1. The number of nitrogens with zero attached hydrogens (tertiary/aromatic N) is 6. The van der Waals surface area contributed by atoms with Crippen LogP contribution >= 0.6 is 15.9 Å². The predicted octanol–water partition coefficient (Wildman–Crippen LogP) is 3.44. The third-order valence-corrected chi connectivity index (χ3v) is 7.13. The molecule has 3 aromatic heterocycles. The van der Waals surface area contributed by atoms with Gasteiger partial charge in [0.25, 0.3) is 0 Å². The summed E-state index contributed by atoms with van der Waals surface area (Å²) in [5.41, 5.74) is 1.89. The number of carboxylic acids is 1. The van der Waals surface area contributed by atoms with Crippen LogP contribution in [0.1, 0.15) is 40.0 Å². The summed E-state index contributed by atoms with van der Waals surface area (Å²) in [6, 6.07) is 6.73. The smallest absolute Gasteiger partial charge is 0.339 e. The van der Waals surface area contributed by atoms with E-state index in [1.165, 1.54) is 23.7 Å². The molecule has 2 amide bonds. The molecule has 0 bridgehead atoms. The maximum absolute atomic E-state index is 14.5. The van der Waals surface area contributed by atoms with Gasteiger partial charge in [-0.25, -0.2) is 24.1 Å². The number of carbonyl (C=O) groups is 4. The van der Waals surface area contributed by atoms with E-state index in [1.807, 2.05) is 0 Å². The van der Waals surface area contributed by atoms with Gasteiger partial charge in [0.1, 0.15) is 46.3 Å². The second kappa shape index (κ2) is 11.1. The second-order valence-electron chi connectivity index (χ2n) is 9.53. The number of carbonyl (C=O) groups excluding carboxylic acids is 3. The molecule has 210 valence electrons. The zero-order valence-corrected chi connectivity index (χ0v) is 23.4. The van der Waals surface area contributed by atoms with E-state index in [0.29, 0.717) is 16.7 Å². The van der Waals surface area contributed by atoms with Crippen molar-refractivity contribution in [2.24, 2.45) is 0 Å². The van der Waals surface area contributed by atoms with Crippen molar-refractivity contribution in [3.63, 3.8) is 0 Å². The van der Waals surface area contributed by atoms with Crippen LogP contribution in [0.2, 0.25) is 0 Å². The van der Waals surface area contributed by atoms with Gasteiger partial charge in [-0.05, 0) is 52.7 Å². The molecule has 1 aliphatic heterocycles. The van der Waals surface area contributed by atoms with Crippen molar-refractivity contribution in [3.05, 3.63) is 64.4 Å². The minimum atomic E-state index is -1.47. The van der Waals surface area contributed by atoms with Crippen molar-refractivity contribution in [1.29, 1.82) is 0 Å². The van der Waals surface area contributed by atoms with Crippen molar-refractivity contribution >= 4 is 56.2 Å². The van der Waals surface area contributed by atoms with E-state index in [1.54, 1.807) is 37.5 Å². The predicted molar refractivity (Wildman–Crippen MR) is 148 cm³/mol. The number of carboxylic acid groups (broad SMARTS) is 1. The molecule has 1 aromatic carbocycles. The molecule has 12 nitrogen and oxygen atoms in total. The van der Waals surface area contributed by atoms with Crippen molar-refractivity contribution in [1.82, 2.24) is 29.6 Å². The van der Waals surface area contributed by atoms with Crippen molar-refractivity contribution < 1.29 is 28.7 Å². The summed E-state index contributed by atoms with van der Waals surface area (Å²) in [5.74, 6) is -2.60. The lowest BCUT2D eigenvalue weighted by Crippen LogP contribution is -2.44. The van der Waals surface area contributed by atoms with Crippen LogP contribution in [0.3, 0.4) is 0 Å². The first-order chi connectivity index (χ1) is 19.5. The van der Waals surface area contributed by atoms with E-state index >= 15 is 0 Å². The lowest BCUT2D eigenvalue weighted by Gasteiger charge is -2.24. The van der Waals surface area contributed by atoms with Gasteiger partial charge < -0.3 is 15.3 Å². The Morgan fingerprint density at radius 1 is 1.12 bits per heavy atom. The van der Waals surface area contributed by atoms with Crippen LogP contribution in [0.25, 0.3) is 22.0 Å². The van der Waals surface area contributed by atoms with E-state index in [9.17, 15) is 28.7 Å². The first kappa shape index (κ1) is 28.0. The first-order valence-corrected chi connectivity index (χ1v) is 13.3. The number of rotatable bonds is 7. The fraction of sp³-hybridized carbons (Fsp3) is 0.259. The highest BCUT2D eigenvalue weighted by Crippen LogP contribution is 2.28. The summed E-state index contributed by atoms with van der Waals surface area (Å²) in [4.78, 5) is 64.0. The molecule has 1 aliphatic rings. The molecule has 0 spiro atoms. The summed E-state index contributed by atoms with van der Waals surface area (Å²) in [7, 11) is 0. The fourth-order valence-electron chi connectivity index (χ4n) is 4.71. The third-order valence-electron chi connectivity index (χ3n) is 6.69. The second-order valence-corrected chi connectivity index (χ2v) is 10.3. The number of amides is 2. The molecule has 5 rings (SSSR count). The zero-order chi connectivity index (χ0) is 29.4. The van der Waals surface area contributed by atoms with Gasteiger partial charge in [-0.1, -0.05) is 6.07 Å². The van der Waals surface area contributed by atoms with E-state index in [-0.39, 0.29) is 47.0 Å². The minimum Gasteiger partial charge on any atom is -0.478 e. The normalized spacial score (nSPS) is 16.6. The molecule has 0 radical (unpaired) electrons. The number of halogens is 2. The Morgan fingerprint density at radius 2 is 1.85 bits per heavy atom. The van der Waals surface area contributed by atoms with E-state index < -0.39 is 30.0 Å². The summed E-state index contributed by atoms with van der Waals surface area (Å²) in [6.07, 6.45) is 1.60. The average Bonchev–Trinajstić information content (AvgIpc) is 3.49. The van der Waals surface area contributed by atoms with Crippen molar-refractivity contribution in [2.75, 3.05) is 11.9 Å². The molecular weight excluding hydrogens is 601 g/mol. The van der Waals surface area contributed by atoms with Crippen molar-refractivity contribution in [2.45, 2.75) is 39.0 Å². The number of fused-ring (bicyclic) bond motifs is 1. The van der Waals surface area contributed by atoms with Gasteiger partial charge in [0.2, 0.25) is 11.8 Å². The number of benzene rings is 1. The van der Waals surface area contributed by atoms with E-state index in [4.69, 9.17) is 0 Å². The van der Waals surface area contributed by atoms with Gasteiger partial charge >= 0.3 is 5.97 Å². The average molecular weight is 624 g/mol. The number of ketones is 1. The number of hydrogen-bond donors (Lipinski definition) is 2. The van der Waals surface area contributed by atoms with Crippen LogP contribution in [0.15, 0.2) is 47.3 Å². The first-order valence-electron chi connectivity index (χ1n) is 12.5. The number of alkyl halides is 1. The molecule has 0 saturated carbocycles. The molecule has 41 heavy (non-hydrogen) atoms. The molecular formula is C27H23BrFN7O5. The van der Waals surface area contributed by atoms with Gasteiger partial charge in [0, 0.05) is 36.7 Å². The number of aryl methyl sites for hydroxylation is 1. The molecule has 1 unspecified atom stereocenters. The number of Topliss-reactive ketones (excluding diaryl/α,β-unsaturated/α-hetero) is 1. The van der Waals surface area contributed by atoms with Crippen molar-refractivity contribution in [3.8, 4) is 11.1 Å². The minimum absolute atomic E-state index is 0.156. The molecule has 2 N–H and O–H groups in total. The Morgan fingerprint density at radius 3 is 2.54 bits per heavy atom. The van der Waals surface area contributed by atoms with Gasteiger partial charge in [-0.3, -0.25) is 19.1 Å². The number of nitrogens with one attached hydrogen (secondary N) is 1. The topological polar surface area (TPSA) is 160 Å². The SMILES string of the molecule is CC(=O)c1nn(CC(=O)N2C[C@H](F)CC2C(=O)Nc2nc(Br)ccc2C(=O)O)c2ccc(-c3cnc(C)nc3)cc12. The van der Waals surface area contributed by atoms with Crippen LogP contribution in [0, 0.1) is 6.92 Å². The largest absolute Gasteiger partial charge is 0.478 e. The highest BCUT2D eigenvalue weighted by molar-refractivity contribution is 9.10. The lowest BCUT2D eigenvalue weighted by atomic mass is 10.0. The van der Waals surface area contributed by atoms with Crippen LogP contribution in [0.4, 0.5) is 10.2 Å². The highest BCUT2D eigenvalue weighted by atomic mass is 79.9. The molecule has 4 aromatic rings. The number of pyridine rings is 1. The molecule has 4 heterocycles. The molecule has 0 aliphatic carbocycles. The fourth-order valence-corrected chi connectivity index (χ4v) is 5.02. The summed E-state index contributed by atoms with van der Waals surface area (Å²) < 4.78 is 16.2. The van der Waals surface area contributed by atoms with Gasteiger partial charge in [-0.15, -0.1) is 0 Å². The quantitative estimate of drug-likeness (QED) is 0.232. The van der Waals surface area contributed by atoms with Gasteiger partial charge in [0.15, 0.2) is 5.78 Å². The van der Waals surface area contributed by atoms with E-state index in [0.717, 1.165) is 16.0 Å². The Bertz CT molecular complexity index is 1710. The maximum Gasteiger partial charge on any atom is 0.339 e.